The first-order valence-electron chi connectivity index (χ1n) is 8.54. The number of aliphatic hydroxyl groups is 1. The van der Waals surface area contributed by atoms with E-state index in [9.17, 15) is 32.6 Å². The highest BCUT2D eigenvalue weighted by Crippen LogP contribution is 2.45. The number of alkyl halides is 3. The van der Waals surface area contributed by atoms with Crippen molar-refractivity contribution < 1.29 is 32.6 Å². The van der Waals surface area contributed by atoms with Crippen LogP contribution in [-0.2, 0) is 10.2 Å². The number of anilines is 1. The van der Waals surface area contributed by atoms with Gasteiger partial charge in [-0.05, 0) is 42.2 Å². The van der Waals surface area contributed by atoms with Gasteiger partial charge in [0, 0.05) is 11.3 Å². The fraction of sp³-hybridized carbons (Fsp3) is 0.368. The minimum atomic E-state index is -5.20. The van der Waals surface area contributed by atoms with Crippen molar-refractivity contribution >= 4 is 34.8 Å². The molecule has 2 rings (SSSR count). The van der Waals surface area contributed by atoms with E-state index in [-0.39, 0.29) is 21.6 Å². The van der Waals surface area contributed by atoms with E-state index in [1.54, 1.807) is 0 Å². The van der Waals surface area contributed by atoms with Gasteiger partial charge in [0.1, 0.15) is 21.9 Å². The number of carbonyl (C=O) groups is 1. The first-order chi connectivity index (χ1) is 13.6. The van der Waals surface area contributed by atoms with E-state index in [0.29, 0.717) is 0 Å². The zero-order valence-corrected chi connectivity index (χ0v) is 17.3. The fourth-order valence-corrected chi connectivity index (χ4v) is 3.61. The molecule has 0 radical (unpaired) electrons. The van der Waals surface area contributed by atoms with Crippen LogP contribution in [-0.4, -0.2) is 32.9 Å². The van der Waals surface area contributed by atoms with Crippen LogP contribution >= 0.6 is 23.2 Å². The topological polar surface area (TPSA) is 82.5 Å². The van der Waals surface area contributed by atoms with Crippen molar-refractivity contribution in [2.45, 2.75) is 43.9 Å². The Morgan fingerprint density at radius 3 is 2.23 bits per heavy atom. The first-order valence-corrected chi connectivity index (χ1v) is 9.30. The number of aromatic nitrogens is 1. The maximum absolute atomic E-state index is 13.7. The first kappa shape index (κ1) is 24.2. The van der Waals surface area contributed by atoms with Gasteiger partial charge in [0.05, 0.1) is 6.42 Å². The molecule has 1 heterocycles. The molecule has 1 atom stereocenters. The fourth-order valence-electron chi connectivity index (χ4n) is 3.15. The maximum atomic E-state index is 13.7. The summed E-state index contributed by atoms with van der Waals surface area (Å²) < 4.78 is 54.8. The summed E-state index contributed by atoms with van der Waals surface area (Å²) in [6.07, 6.45) is -7.57. The zero-order chi connectivity index (χ0) is 22.9. The summed E-state index contributed by atoms with van der Waals surface area (Å²) >= 11 is 11.4. The van der Waals surface area contributed by atoms with Crippen molar-refractivity contribution in [1.29, 1.82) is 0 Å². The third-order valence-electron chi connectivity index (χ3n) is 4.45. The molecule has 11 heteroatoms. The molecule has 0 saturated carbocycles. The Hall–Kier alpha value is -2.10. The molecule has 1 aromatic heterocycles. The molecule has 0 saturated heterocycles. The number of nitrogens with zero attached hydrogens (tertiary/aromatic N) is 1. The second-order valence-electron chi connectivity index (χ2n) is 7.48. The standard InChI is InChI=1S/C19H18Cl2F4N2O3/c1-17(2,12-5-10(22)3-4-13(12)28)9-18(30,19(23,24)25)8-16(29)26-11-6-14(20)27-15(21)7-11/h3-7,28,30H,8-9H2,1-2H3,(H,26,27,29). The molecule has 0 aliphatic heterocycles. The quantitative estimate of drug-likeness (QED) is 0.400. The molecule has 0 aliphatic carbocycles. The van der Waals surface area contributed by atoms with E-state index in [4.69, 9.17) is 23.2 Å². The number of aromatic hydroxyl groups is 1. The number of nitrogens with one attached hydrogen (secondary N) is 1. The van der Waals surface area contributed by atoms with Crippen LogP contribution in [0.4, 0.5) is 23.2 Å². The van der Waals surface area contributed by atoms with Gasteiger partial charge in [0.15, 0.2) is 5.60 Å². The van der Waals surface area contributed by atoms with Gasteiger partial charge in [-0.15, -0.1) is 0 Å². The highest BCUT2D eigenvalue weighted by atomic mass is 35.5. The number of hydrogen-bond acceptors (Lipinski definition) is 4. The van der Waals surface area contributed by atoms with Crippen LogP contribution < -0.4 is 5.32 Å². The molecule has 30 heavy (non-hydrogen) atoms. The summed E-state index contributed by atoms with van der Waals surface area (Å²) in [6.45, 7) is 2.58. The summed E-state index contributed by atoms with van der Waals surface area (Å²) in [5, 5.41) is 22.4. The number of amides is 1. The summed E-state index contributed by atoms with van der Waals surface area (Å²) in [6, 6.07) is 5.18. The van der Waals surface area contributed by atoms with E-state index >= 15 is 0 Å². The minimum absolute atomic E-state index is 0.00319. The largest absolute Gasteiger partial charge is 0.508 e. The van der Waals surface area contributed by atoms with E-state index in [1.807, 2.05) is 0 Å². The van der Waals surface area contributed by atoms with E-state index in [2.05, 4.69) is 10.3 Å². The Kier molecular flexibility index (Phi) is 6.90. The molecular formula is C19H18Cl2F4N2O3. The molecule has 2 aromatic rings. The van der Waals surface area contributed by atoms with Crippen LogP contribution in [0.3, 0.4) is 0 Å². The van der Waals surface area contributed by atoms with Crippen LogP contribution in [0.1, 0.15) is 32.3 Å². The Balaban J connectivity index is 2.31. The summed E-state index contributed by atoms with van der Waals surface area (Å²) in [5.41, 5.74) is -5.16. The van der Waals surface area contributed by atoms with Gasteiger partial charge < -0.3 is 15.5 Å². The lowest BCUT2D eigenvalue weighted by molar-refractivity contribution is -0.266. The SMILES string of the molecule is CC(C)(CC(O)(CC(=O)Nc1cc(Cl)nc(Cl)c1)C(F)(F)F)c1cc(F)ccc1O. The second kappa shape index (κ2) is 8.56. The number of phenols is 1. The monoisotopic (exact) mass is 468 g/mol. The predicted octanol–water partition coefficient (Wildman–Crippen LogP) is 5.22. The third kappa shape index (κ3) is 5.74. The normalized spacial score (nSPS) is 14.3. The predicted molar refractivity (Wildman–Crippen MR) is 104 cm³/mol. The lowest BCUT2D eigenvalue weighted by atomic mass is 9.73. The average molecular weight is 469 g/mol. The molecule has 1 unspecified atom stereocenters. The molecule has 3 N–H and O–H groups in total. The van der Waals surface area contributed by atoms with Gasteiger partial charge in [0.2, 0.25) is 5.91 Å². The Morgan fingerprint density at radius 1 is 1.13 bits per heavy atom. The number of hydrogen-bond donors (Lipinski definition) is 3. The third-order valence-corrected chi connectivity index (χ3v) is 4.84. The van der Waals surface area contributed by atoms with Crippen molar-refractivity contribution in [1.82, 2.24) is 4.98 Å². The number of benzene rings is 1. The Bertz CT molecular complexity index is 934. The van der Waals surface area contributed by atoms with E-state index < -0.39 is 47.5 Å². The number of rotatable bonds is 6. The number of phenolic OH excluding ortho intramolecular Hbond substituents is 1. The van der Waals surface area contributed by atoms with E-state index in [1.165, 1.54) is 26.0 Å². The molecular weight excluding hydrogens is 451 g/mol. The Labute approximate surface area is 179 Å². The number of carbonyl (C=O) groups excluding carboxylic acids is 1. The number of halogens is 6. The van der Waals surface area contributed by atoms with Crippen molar-refractivity contribution in [3.63, 3.8) is 0 Å². The van der Waals surface area contributed by atoms with Gasteiger partial charge in [0.25, 0.3) is 0 Å². The van der Waals surface area contributed by atoms with Crippen molar-refractivity contribution in [3.05, 3.63) is 52.0 Å². The summed E-state index contributed by atoms with van der Waals surface area (Å²) in [4.78, 5) is 15.9. The maximum Gasteiger partial charge on any atom is 0.417 e. The van der Waals surface area contributed by atoms with Crippen molar-refractivity contribution in [2.24, 2.45) is 0 Å². The molecule has 0 bridgehead atoms. The van der Waals surface area contributed by atoms with Crippen LogP contribution in [0, 0.1) is 5.82 Å². The van der Waals surface area contributed by atoms with Crippen LogP contribution in [0.25, 0.3) is 0 Å². The lowest BCUT2D eigenvalue weighted by Crippen LogP contribution is -2.51. The molecule has 5 nitrogen and oxygen atoms in total. The average Bonchev–Trinajstić information content (AvgIpc) is 2.54. The molecule has 164 valence electrons. The van der Waals surface area contributed by atoms with Crippen molar-refractivity contribution in [2.75, 3.05) is 5.32 Å². The van der Waals surface area contributed by atoms with Crippen LogP contribution in [0.2, 0.25) is 10.3 Å². The minimum Gasteiger partial charge on any atom is -0.508 e. The molecule has 1 aromatic carbocycles. The zero-order valence-electron chi connectivity index (χ0n) is 15.8. The van der Waals surface area contributed by atoms with Gasteiger partial charge in [-0.1, -0.05) is 37.0 Å². The van der Waals surface area contributed by atoms with Crippen LogP contribution in [0.15, 0.2) is 30.3 Å². The molecule has 0 fully saturated rings. The van der Waals surface area contributed by atoms with Crippen molar-refractivity contribution in [3.8, 4) is 5.75 Å². The van der Waals surface area contributed by atoms with Gasteiger partial charge >= 0.3 is 6.18 Å². The number of pyridine rings is 1. The van der Waals surface area contributed by atoms with Crippen LogP contribution in [0.5, 0.6) is 5.75 Å². The molecule has 0 aliphatic rings. The highest BCUT2D eigenvalue weighted by molar-refractivity contribution is 6.33. The van der Waals surface area contributed by atoms with Gasteiger partial charge in [-0.3, -0.25) is 4.79 Å². The Morgan fingerprint density at radius 2 is 1.70 bits per heavy atom. The highest BCUT2D eigenvalue weighted by Gasteiger charge is 2.57. The van der Waals surface area contributed by atoms with Gasteiger partial charge in [-0.2, -0.15) is 13.2 Å². The van der Waals surface area contributed by atoms with Gasteiger partial charge in [-0.25, -0.2) is 9.37 Å². The summed E-state index contributed by atoms with van der Waals surface area (Å²) in [7, 11) is 0. The second-order valence-corrected chi connectivity index (χ2v) is 8.25. The molecule has 1 amide bonds. The smallest absolute Gasteiger partial charge is 0.417 e. The lowest BCUT2D eigenvalue weighted by Gasteiger charge is -2.37. The van der Waals surface area contributed by atoms with E-state index in [0.717, 1.165) is 18.2 Å². The summed E-state index contributed by atoms with van der Waals surface area (Å²) in [5.74, 6) is -2.36. The molecule has 0 spiro atoms.